The van der Waals surface area contributed by atoms with Gasteiger partial charge in [-0.05, 0) is 49.6 Å². The minimum atomic E-state index is -0.0916. The van der Waals surface area contributed by atoms with Gasteiger partial charge in [-0.2, -0.15) is 4.99 Å². The van der Waals surface area contributed by atoms with Crippen LogP contribution in [0.4, 0.5) is 0 Å². The summed E-state index contributed by atoms with van der Waals surface area (Å²) < 4.78 is 8.81. The van der Waals surface area contributed by atoms with Crippen LogP contribution in [0.1, 0.15) is 23.6 Å². The molecule has 28 heavy (non-hydrogen) atoms. The maximum atomic E-state index is 12.5. The summed E-state index contributed by atoms with van der Waals surface area (Å²) in [6.07, 6.45) is 0. The van der Waals surface area contributed by atoms with Crippen LogP contribution in [0.25, 0.3) is 10.2 Å². The van der Waals surface area contributed by atoms with Gasteiger partial charge in [0.05, 0.1) is 22.6 Å². The standard InChI is InChI=1S/C22H26N2O2S2/c1-4-26-11-10-24-19-12-16(2)17(3)13-20(19)28-22(24)23-21(25)15-27-14-18-8-6-5-7-9-18/h5-9,12-13H,4,10-11,14-15H2,1-3H3. The lowest BCUT2D eigenvalue weighted by atomic mass is 10.1. The van der Waals surface area contributed by atoms with Gasteiger partial charge in [0, 0.05) is 18.9 Å². The molecule has 0 saturated carbocycles. The zero-order valence-electron chi connectivity index (χ0n) is 16.6. The Bertz CT molecular complexity index is 1010. The Morgan fingerprint density at radius 2 is 1.93 bits per heavy atom. The Hall–Kier alpha value is -1.89. The van der Waals surface area contributed by atoms with Crippen LogP contribution in [0, 0.1) is 13.8 Å². The fourth-order valence-corrected chi connectivity index (χ4v) is 4.82. The number of hydrogen-bond donors (Lipinski definition) is 0. The van der Waals surface area contributed by atoms with E-state index in [1.165, 1.54) is 16.7 Å². The molecule has 0 spiro atoms. The van der Waals surface area contributed by atoms with Gasteiger partial charge in [-0.1, -0.05) is 41.7 Å². The first kappa shape index (κ1) is 20.8. The molecule has 0 atom stereocenters. The number of thioether (sulfide) groups is 1. The lowest BCUT2D eigenvalue weighted by Crippen LogP contribution is -2.20. The molecule has 3 rings (SSSR count). The number of rotatable bonds is 8. The van der Waals surface area contributed by atoms with Crippen molar-refractivity contribution in [2.24, 2.45) is 4.99 Å². The highest BCUT2D eigenvalue weighted by Crippen LogP contribution is 2.22. The maximum absolute atomic E-state index is 12.5. The summed E-state index contributed by atoms with van der Waals surface area (Å²) in [5.74, 6) is 1.11. The number of nitrogens with zero attached hydrogens (tertiary/aromatic N) is 2. The summed E-state index contributed by atoms with van der Waals surface area (Å²) in [6.45, 7) is 8.20. The van der Waals surface area contributed by atoms with Crippen molar-refractivity contribution in [3.05, 3.63) is 64.0 Å². The quantitative estimate of drug-likeness (QED) is 0.501. The van der Waals surface area contributed by atoms with Crippen molar-refractivity contribution in [1.82, 2.24) is 4.57 Å². The topological polar surface area (TPSA) is 43.6 Å². The Kier molecular flexibility index (Phi) is 7.48. The number of ether oxygens (including phenoxy) is 1. The van der Waals surface area contributed by atoms with Crippen LogP contribution in [-0.2, 0) is 21.8 Å². The summed E-state index contributed by atoms with van der Waals surface area (Å²) in [7, 11) is 0. The van der Waals surface area contributed by atoms with Crippen molar-refractivity contribution >= 4 is 39.2 Å². The molecule has 0 N–H and O–H groups in total. The van der Waals surface area contributed by atoms with E-state index in [9.17, 15) is 4.79 Å². The van der Waals surface area contributed by atoms with E-state index in [0.717, 1.165) is 20.8 Å². The molecule has 0 aliphatic carbocycles. The van der Waals surface area contributed by atoms with Crippen LogP contribution in [0.15, 0.2) is 47.5 Å². The van der Waals surface area contributed by atoms with E-state index in [0.29, 0.717) is 25.5 Å². The Morgan fingerprint density at radius 1 is 1.18 bits per heavy atom. The van der Waals surface area contributed by atoms with Crippen LogP contribution < -0.4 is 4.80 Å². The monoisotopic (exact) mass is 414 g/mol. The molecule has 1 heterocycles. The van der Waals surface area contributed by atoms with E-state index < -0.39 is 0 Å². The molecule has 0 saturated heterocycles. The second-order valence-corrected chi connectivity index (χ2v) is 8.62. The number of carbonyl (C=O) groups is 1. The molecule has 0 bridgehead atoms. The summed E-state index contributed by atoms with van der Waals surface area (Å²) in [4.78, 5) is 17.7. The summed E-state index contributed by atoms with van der Waals surface area (Å²) in [5, 5.41) is 0. The number of fused-ring (bicyclic) bond motifs is 1. The lowest BCUT2D eigenvalue weighted by molar-refractivity contribution is -0.115. The zero-order valence-corrected chi connectivity index (χ0v) is 18.2. The van der Waals surface area contributed by atoms with Crippen LogP contribution in [0.3, 0.4) is 0 Å². The number of amides is 1. The molecule has 4 nitrogen and oxygen atoms in total. The Labute approximate surface area is 174 Å². The van der Waals surface area contributed by atoms with Crippen molar-refractivity contribution in [3.63, 3.8) is 0 Å². The average molecular weight is 415 g/mol. The lowest BCUT2D eigenvalue weighted by Gasteiger charge is -2.07. The second kappa shape index (κ2) is 10.0. The van der Waals surface area contributed by atoms with Gasteiger partial charge in [0.1, 0.15) is 0 Å². The number of aryl methyl sites for hydroxylation is 2. The van der Waals surface area contributed by atoms with Gasteiger partial charge in [-0.25, -0.2) is 0 Å². The number of hydrogen-bond acceptors (Lipinski definition) is 4. The third-order valence-corrected chi connectivity index (χ3v) is 6.55. The van der Waals surface area contributed by atoms with Crippen LogP contribution in [0.2, 0.25) is 0 Å². The molecule has 148 valence electrons. The van der Waals surface area contributed by atoms with Crippen LogP contribution in [0.5, 0.6) is 0 Å². The van der Waals surface area contributed by atoms with Crippen molar-refractivity contribution in [3.8, 4) is 0 Å². The first-order valence-electron chi connectivity index (χ1n) is 9.46. The van der Waals surface area contributed by atoms with Gasteiger partial charge in [0.15, 0.2) is 4.80 Å². The van der Waals surface area contributed by atoms with Gasteiger partial charge in [-0.15, -0.1) is 11.8 Å². The van der Waals surface area contributed by atoms with Crippen LogP contribution in [-0.4, -0.2) is 29.4 Å². The molecule has 1 aromatic heterocycles. The number of carbonyl (C=O) groups excluding carboxylic acids is 1. The largest absolute Gasteiger partial charge is 0.380 e. The van der Waals surface area contributed by atoms with Gasteiger partial charge in [0.2, 0.25) is 0 Å². The smallest absolute Gasteiger partial charge is 0.258 e. The first-order valence-corrected chi connectivity index (χ1v) is 11.4. The fourth-order valence-electron chi connectivity index (χ4n) is 2.89. The molecular formula is C22H26N2O2S2. The van der Waals surface area contributed by atoms with E-state index in [1.807, 2.05) is 25.1 Å². The summed E-state index contributed by atoms with van der Waals surface area (Å²) >= 11 is 3.17. The third kappa shape index (κ3) is 5.34. The Balaban J connectivity index is 1.80. The van der Waals surface area contributed by atoms with E-state index in [2.05, 4.69) is 47.7 Å². The van der Waals surface area contributed by atoms with Crippen LogP contribution >= 0.6 is 23.1 Å². The minimum Gasteiger partial charge on any atom is -0.380 e. The number of thiazole rings is 1. The molecule has 3 aromatic rings. The third-order valence-electron chi connectivity index (χ3n) is 4.52. The molecule has 6 heteroatoms. The first-order chi connectivity index (χ1) is 13.6. The van der Waals surface area contributed by atoms with E-state index >= 15 is 0 Å². The van der Waals surface area contributed by atoms with Crippen molar-refractivity contribution < 1.29 is 9.53 Å². The summed E-state index contributed by atoms with van der Waals surface area (Å²) in [5.41, 5.74) is 4.84. The van der Waals surface area contributed by atoms with Gasteiger partial charge >= 0.3 is 0 Å². The maximum Gasteiger partial charge on any atom is 0.258 e. The predicted octanol–water partition coefficient (Wildman–Crippen LogP) is 4.72. The molecule has 0 aliphatic heterocycles. The van der Waals surface area contributed by atoms with Crippen molar-refractivity contribution in [2.45, 2.75) is 33.1 Å². The zero-order chi connectivity index (χ0) is 19.9. The van der Waals surface area contributed by atoms with E-state index in [-0.39, 0.29) is 5.91 Å². The fraction of sp³-hybridized carbons (Fsp3) is 0.364. The van der Waals surface area contributed by atoms with E-state index in [1.54, 1.807) is 23.1 Å². The van der Waals surface area contributed by atoms with Crippen molar-refractivity contribution in [1.29, 1.82) is 0 Å². The molecule has 1 amide bonds. The van der Waals surface area contributed by atoms with Gasteiger partial charge in [0.25, 0.3) is 5.91 Å². The highest BCUT2D eigenvalue weighted by atomic mass is 32.2. The van der Waals surface area contributed by atoms with Gasteiger partial charge < -0.3 is 9.30 Å². The molecule has 0 fully saturated rings. The average Bonchev–Trinajstić information content (AvgIpc) is 2.99. The predicted molar refractivity (Wildman–Crippen MR) is 119 cm³/mol. The molecule has 0 aliphatic rings. The molecular weight excluding hydrogens is 388 g/mol. The Morgan fingerprint density at radius 3 is 2.68 bits per heavy atom. The molecule has 0 unspecified atom stereocenters. The summed E-state index contributed by atoms with van der Waals surface area (Å²) in [6, 6.07) is 14.6. The van der Waals surface area contributed by atoms with Crippen molar-refractivity contribution in [2.75, 3.05) is 19.0 Å². The molecule has 0 radical (unpaired) electrons. The SMILES string of the molecule is CCOCCn1c(=NC(=O)CSCc2ccccc2)sc2cc(C)c(C)cc21. The minimum absolute atomic E-state index is 0.0916. The van der Waals surface area contributed by atoms with E-state index in [4.69, 9.17) is 4.74 Å². The highest BCUT2D eigenvalue weighted by Gasteiger charge is 2.10. The molecule has 2 aromatic carbocycles. The number of benzene rings is 2. The van der Waals surface area contributed by atoms with Gasteiger partial charge in [-0.3, -0.25) is 4.79 Å². The normalized spacial score (nSPS) is 12.0. The second-order valence-electron chi connectivity index (χ2n) is 6.62. The number of aromatic nitrogens is 1. The highest BCUT2D eigenvalue weighted by molar-refractivity contribution is 7.99.